The molecule has 4 heteroatoms. The highest BCUT2D eigenvalue weighted by atomic mass is 32.1. The Morgan fingerprint density at radius 3 is 2.89 bits per heavy atom. The van der Waals surface area contributed by atoms with Gasteiger partial charge in [0.2, 0.25) is 0 Å². The first-order valence-electron chi connectivity index (χ1n) is 7.48. The van der Waals surface area contributed by atoms with E-state index in [2.05, 4.69) is 48.3 Å². The molecule has 0 aliphatic carbocycles. The fourth-order valence-electron chi connectivity index (χ4n) is 2.84. The molecule has 0 spiro atoms. The van der Waals surface area contributed by atoms with E-state index >= 15 is 0 Å². The number of aryl methyl sites for hydroxylation is 1. The molecule has 1 aromatic rings. The molecule has 1 aliphatic heterocycles. The van der Waals surface area contributed by atoms with Crippen molar-refractivity contribution >= 4 is 11.3 Å². The highest BCUT2D eigenvalue weighted by molar-refractivity contribution is 7.09. The maximum atomic E-state index is 4.58. The van der Waals surface area contributed by atoms with Gasteiger partial charge in [-0.05, 0) is 19.3 Å². The second-order valence-electron chi connectivity index (χ2n) is 5.95. The van der Waals surface area contributed by atoms with E-state index in [0.29, 0.717) is 18.0 Å². The van der Waals surface area contributed by atoms with Gasteiger partial charge in [-0.2, -0.15) is 0 Å². The van der Waals surface area contributed by atoms with E-state index in [9.17, 15) is 0 Å². The van der Waals surface area contributed by atoms with Crippen molar-refractivity contribution in [2.24, 2.45) is 5.92 Å². The maximum Gasteiger partial charge on any atom is 0.0940 e. The van der Waals surface area contributed by atoms with Crippen LogP contribution in [0.3, 0.4) is 0 Å². The molecule has 0 aromatic carbocycles. The van der Waals surface area contributed by atoms with Gasteiger partial charge >= 0.3 is 0 Å². The maximum absolute atomic E-state index is 4.58. The second-order valence-corrected chi connectivity index (χ2v) is 6.90. The van der Waals surface area contributed by atoms with Gasteiger partial charge in [0.25, 0.3) is 0 Å². The Hall–Kier alpha value is -0.450. The van der Waals surface area contributed by atoms with Crippen LogP contribution in [0.15, 0.2) is 5.38 Å². The Morgan fingerprint density at radius 2 is 2.32 bits per heavy atom. The van der Waals surface area contributed by atoms with Crippen LogP contribution in [0.5, 0.6) is 0 Å². The fourth-order valence-corrected chi connectivity index (χ4v) is 3.61. The molecule has 0 radical (unpaired) electrons. The first kappa shape index (κ1) is 14.9. The standard InChI is InChI=1S/C15H27N3S/c1-5-13-9-18(14(8-16-13)11(2)3)7-6-15-17-12(4)10-19-15/h10-11,13-14,16H,5-9H2,1-4H3. The van der Waals surface area contributed by atoms with Crippen molar-refractivity contribution in [3.63, 3.8) is 0 Å². The topological polar surface area (TPSA) is 28.2 Å². The molecule has 1 N–H and O–H groups in total. The lowest BCUT2D eigenvalue weighted by Crippen LogP contribution is -2.58. The van der Waals surface area contributed by atoms with Crippen LogP contribution in [0.1, 0.15) is 37.9 Å². The van der Waals surface area contributed by atoms with E-state index in [1.807, 2.05) is 0 Å². The largest absolute Gasteiger partial charge is 0.311 e. The molecule has 0 bridgehead atoms. The van der Waals surface area contributed by atoms with Crippen LogP contribution in [0.2, 0.25) is 0 Å². The zero-order valence-electron chi connectivity index (χ0n) is 12.6. The molecule has 2 unspecified atom stereocenters. The number of aromatic nitrogens is 1. The number of nitrogens with zero attached hydrogens (tertiary/aromatic N) is 2. The van der Waals surface area contributed by atoms with E-state index < -0.39 is 0 Å². The third-order valence-corrected chi connectivity index (χ3v) is 5.11. The predicted molar refractivity (Wildman–Crippen MR) is 82.8 cm³/mol. The molecule has 2 rings (SSSR count). The predicted octanol–water partition coefficient (Wildman–Crippen LogP) is 2.70. The fraction of sp³-hybridized carbons (Fsp3) is 0.800. The molecule has 0 amide bonds. The third-order valence-electron chi connectivity index (χ3n) is 4.08. The Morgan fingerprint density at radius 1 is 1.53 bits per heavy atom. The zero-order valence-corrected chi connectivity index (χ0v) is 13.5. The minimum atomic E-state index is 0.660. The highest BCUT2D eigenvalue weighted by Crippen LogP contribution is 2.18. The van der Waals surface area contributed by atoms with Crippen molar-refractivity contribution in [3.8, 4) is 0 Å². The van der Waals surface area contributed by atoms with Crippen LogP contribution in [0, 0.1) is 12.8 Å². The Balaban J connectivity index is 1.93. The van der Waals surface area contributed by atoms with Crippen molar-refractivity contribution in [2.75, 3.05) is 19.6 Å². The lowest BCUT2D eigenvalue weighted by molar-refractivity contribution is 0.0985. The summed E-state index contributed by atoms with van der Waals surface area (Å²) in [6.45, 7) is 12.5. The highest BCUT2D eigenvalue weighted by Gasteiger charge is 2.28. The number of thiazole rings is 1. The average molecular weight is 281 g/mol. The summed E-state index contributed by atoms with van der Waals surface area (Å²) < 4.78 is 0. The molecule has 1 aromatic heterocycles. The average Bonchev–Trinajstić information content (AvgIpc) is 2.81. The van der Waals surface area contributed by atoms with Gasteiger partial charge in [-0.3, -0.25) is 4.90 Å². The van der Waals surface area contributed by atoms with Crippen LogP contribution < -0.4 is 5.32 Å². The first-order chi connectivity index (χ1) is 9.10. The molecule has 0 saturated carbocycles. The minimum absolute atomic E-state index is 0.660. The molecule has 19 heavy (non-hydrogen) atoms. The van der Waals surface area contributed by atoms with Crippen molar-refractivity contribution in [1.29, 1.82) is 0 Å². The zero-order chi connectivity index (χ0) is 13.8. The molecule has 2 heterocycles. The number of hydrogen-bond donors (Lipinski definition) is 1. The van der Waals surface area contributed by atoms with Crippen LogP contribution in [-0.4, -0.2) is 41.6 Å². The number of rotatable bonds is 5. The summed E-state index contributed by atoms with van der Waals surface area (Å²) in [5, 5.41) is 7.12. The summed E-state index contributed by atoms with van der Waals surface area (Å²) in [4.78, 5) is 7.25. The molecule has 1 saturated heterocycles. The summed E-state index contributed by atoms with van der Waals surface area (Å²) in [5.41, 5.74) is 1.16. The summed E-state index contributed by atoms with van der Waals surface area (Å²) in [5.74, 6) is 0.711. The van der Waals surface area contributed by atoms with E-state index in [-0.39, 0.29) is 0 Å². The smallest absolute Gasteiger partial charge is 0.0940 e. The van der Waals surface area contributed by atoms with Gasteiger partial charge in [-0.1, -0.05) is 20.8 Å². The first-order valence-corrected chi connectivity index (χ1v) is 8.36. The monoisotopic (exact) mass is 281 g/mol. The summed E-state index contributed by atoms with van der Waals surface area (Å²) in [7, 11) is 0. The normalized spacial score (nSPS) is 25.1. The Kier molecular flexibility index (Phi) is 5.37. The van der Waals surface area contributed by atoms with Gasteiger partial charge < -0.3 is 5.32 Å². The Labute approximate surface area is 121 Å². The van der Waals surface area contributed by atoms with Crippen LogP contribution in [0.25, 0.3) is 0 Å². The van der Waals surface area contributed by atoms with Crippen LogP contribution >= 0.6 is 11.3 Å². The third kappa shape index (κ3) is 4.01. The summed E-state index contributed by atoms with van der Waals surface area (Å²) >= 11 is 1.80. The van der Waals surface area contributed by atoms with Gasteiger partial charge in [-0.15, -0.1) is 11.3 Å². The molecular weight excluding hydrogens is 254 g/mol. The number of hydrogen-bond acceptors (Lipinski definition) is 4. The molecular formula is C15H27N3S. The molecule has 1 aliphatic rings. The van der Waals surface area contributed by atoms with Crippen molar-refractivity contribution in [2.45, 2.75) is 52.6 Å². The number of piperazine rings is 1. The van der Waals surface area contributed by atoms with Crippen LogP contribution in [-0.2, 0) is 6.42 Å². The van der Waals surface area contributed by atoms with E-state index in [0.717, 1.165) is 25.2 Å². The van der Waals surface area contributed by atoms with Crippen LogP contribution in [0.4, 0.5) is 0 Å². The van der Waals surface area contributed by atoms with Gasteiger partial charge in [0.1, 0.15) is 0 Å². The van der Waals surface area contributed by atoms with Crippen molar-refractivity contribution in [1.82, 2.24) is 15.2 Å². The molecule has 1 fully saturated rings. The quantitative estimate of drug-likeness (QED) is 0.899. The van der Waals surface area contributed by atoms with E-state index in [1.54, 1.807) is 11.3 Å². The summed E-state index contributed by atoms with van der Waals surface area (Å²) in [6, 6.07) is 1.33. The minimum Gasteiger partial charge on any atom is -0.311 e. The SMILES string of the molecule is CCC1CN(CCc2nc(C)cs2)C(C(C)C)CN1. The Bertz CT molecular complexity index is 388. The van der Waals surface area contributed by atoms with E-state index in [4.69, 9.17) is 0 Å². The van der Waals surface area contributed by atoms with Crippen molar-refractivity contribution < 1.29 is 0 Å². The number of nitrogens with one attached hydrogen (secondary N) is 1. The van der Waals surface area contributed by atoms with E-state index in [1.165, 1.54) is 18.0 Å². The van der Waals surface area contributed by atoms with Gasteiger partial charge in [0.05, 0.1) is 5.01 Å². The van der Waals surface area contributed by atoms with Crippen molar-refractivity contribution in [3.05, 3.63) is 16.1 Å². The molecule has 3 nitrogen and oxygen atoms in total. The van der Waals surface area contributed by atoms with Gasteiger partial charge in [0.15, 0.2) is 0 Å². The molecule has 108 valence electrons. The van der Waals surface area contributed by atoms with Gasteiger partial charge in [0, 0.05) is 49.2 Å². The lowest BCUT2D eigenvalue weighted by Gasteiger charge is -2.42. The lowest BCUT2D eigenvalue weighted by atomic mass is 9.97. The molecule has 2 atom stereocenters. The van der Waals surface area contributed by atoms with Gasteiger partial charge in [-0.25, -0.2) is 4.98 Å². The summed E-state index contributed by atoms with van der Waals surface area (Å²) in [6.07, 6.45) is 2.32. The second kappa shape index (κ2) is 6.82.